The highest BCUT2D eigenvalue weighted by Gasteiger charge is 2.04. The Labute approximate surface area is 105 Å². The third-order valence-electron chi connectivity index (χ3n) is 3.02. The van der Waals surface area contributed by atoms with Gasteiger partial charge in [0, 0.05) is 0 Å². The quantitative estimate of drug-likeness (QED) is 0.517. The molecule has 0 saturated carbocycles. The Bertz CT molecular complexity index is 402. The van der Waals surface area contributed by atoms with Crippen molar-refractivity contribution in [1.29, 1.82) is 0 Å². The summed E-state index contributed by atoms with van der Waals surface area (Å²) in [4.78, 5) is 11.6. The normalized spacial score (nSPS) is 11.6. The molecule has 1 aromatic carbocycles. The zero-order valence-electron chi connectivity index (χ0n) is 11.1. The SMILES string of the molecule is CCCCC/C(=C\c1ccccc1C)C(C)=O. The number of hydrogen-bond acceptors (Lipinski definition) is 1. The van der Waals surface area contributed by atoms with Crippen LogP contribution in [0, 0.1) is 6.92 Å². The number of carbonyl (C=O) groups is 1. The number of aryl methyl sites for hydroxylation is 1. The van der Waals surface area contributed by atoms with Gasteiger partial charge < -0.3 is 0 Å². The van der Waals surface area contributed by atoms with Crippen molar-refractivity contribution in [2.24, 2.45) is 0 Å². The van der Waals surface area contributed by atoms with Crippen LogP contribution in [0.15, 0.2) is 29.8 Å². The molecular formula is C16H22O. The van der Waals surface area contributed by atoms with Crippen molar-refractivity contribution in [3.05, 3.63) is 41.0 Å². The molecular weight excluding hydrogens is 208 g/mol. The maximum Gasteiger partial charge on any atom is 0.155 e. The summed E-state index contributed by atoms with van der Waals surface area (Å²) in [7, 11) is 0. The number of benzene rings is 1. The summed E-state index contributed by atoms with van der Waals surface area (Å²) in [5, 5.41) is 0. The minimum atomic E-state index is 0.198. The van der Waals surface area contributed by atoms with E-state index in [4.69, 9.17) is 0 Å². The van der Waals surface area contributed by atoms with E-state index >= 15 is 0 Å². The van der Waals surface area contributed by atoms with E-state index in [9.17, 15) is 4.79 Å². The van der Waals surface area contributed by atoms with Crippen LogP contribution in [0.25, 0.3) is 6.08 Å². The molecule has 0 amide bonds. The van der Waals surface area contributed by atoms with Crippen LogP contribution in [-0.2, 0) is 4.79 Å². The lowest BCUT2D eigenvalue weighted by atomic mass is 9.99. The Morgan fingerprint density at radius 3 is 2.53 bits per heavy atom. The van der Waals surface area contributed by atoms with Crippen molar-refractivity contribution in [1.82, 2.24) is 0 Å². The Morgan fingerprint density at radius 2 is 1.94 bits per heavy atom. The fraction of sp³-hybridized carbons (Fsp3) is 0.438. The van der Waals surface area contributed by atoms with Crippen LogP contribution < -0.4 is 0 Å². The molecule has 0 atom stereocenters. The summed E-state index contributed by atoms with van der Waals surface area (Å²) in [6, 6.07) is 8.19. The number of rotatable bonds is 6. The average molecular weight is 230 g/mol. The van der Waals surface area contributed by atoms with Crippen molar-refractivity contribution in [2.45, 2.75) is 46.5 Å². The highest BCUT2D eigenvalue weighted by Crippen LogP contribution is 2.17. The molecule has 0 heterocycles. The molecule has 0 fully saturated rings. The van der Waals surface area contributed by atoms with Crippen molar-refractivity contribution < 1.29 is 4.79 Å². The zero-order valence-corrected chi connectivity index (χ0v) is 11.1. The second kappa shape index (κ2) is 7.05. The summed E-state index contributed by atoms with van der Waals surface area (Å²) in [6.45, 7) is 5.92. The van der Waals surface area contributed by atoms with E-state index in [0.29, 0.717) is 0 Å². The molecule has 0 aliphatic rings. The van der Waals surface area contributed by atoms with Crippen molar-refractivity contribution >= 4 is 11.9 Å². The minimum Gasteiger partial charge on any atom is -0.295 e. The fourth-order valence-electron chi connectivity index (χ4n) is 1.85. The first-order valence-corrected chi connectivity index (χ1v) is 6.42. The van der Waals surface area contributed by atoms with E-state index in [1.165, 1.54) is 18.4 Å². The minimum absolute atomic E-state index is 0.198. The second-order valence-electron chi connectivity index (χ2n) is 4.54. The van der Waals surface area contributed by atoms with Crippen LogP contribution in [-0.4, -0.2) is 5.78 Å². The summed E-state index contributed by atoms with van der Waals surface area (Å²) in [5.74, 6) is 0.198. The molecule has 0 unspecified atom stereocenters. The molecule has 1 nitrogen and oxygen atoms in total. The van der Waals surface area contributed by atoms with E-state index in [0.717, 1.165) is 24.0 Å². The lowest BCUT2D eigenvalue weighted by molar-refractivity contribution is -0.113. The van der Waals surface area contributed by atoms with Gasteiger partial charge in [0.1, 0.15) is 0 Å². The van der Waals surface area contributed by atoms with Gasteiger partial charge >= 0.3 is 0 Å². The van der Waals surface area contributed by atoms with Crippen LogP contribution in [0.5, 0.6) is 0 Å². The molecule has 0 aromatic heterocycles. The number of hydrogen-bond donors (Lipinski definition) is 0. The van der Waals surface area contributed by atoms with Gasteiger partial charge in [0.15, 0.2) is 5.78 Å². The second-order valence-corrected chi connectivity index (χ2v) is 4.54. The highest BCUT2D eigenvalue weighted by atomic mass is 16.1. The summed E-state index contributed by atoms with van der Waals surface area (Å²) < 4.78 is 0. The Morgan fingerprint density at radius 1 is 1.24 bits per heavy atom. The van der Waals surface area contributed by atoms with Crippen LogP contribution in [0.4, 0.5) is 0 Å². The largest absolute Gasteiger partial charge is 0.295 e. The van der Waals surface area contributed by atoms with Crippen LogP contribution >= 0.6 is 0 Å². The number of allylic oxidation sites excluding steroid dienone is 1. The van der Waals surface area contributed by atoms with Crippen molar-refractivity contribution in [3.8, 4) is 0 Å². The van der Waals surface area contributed by atoms with Gasteiger partial charge in [-0.05, 0) is 49.5 Å². The standard InChI is InChI=1S/C16H22O/c1-4-5-6-11-16(14(3)17)12-15-10-8-7-9-13(15)2/h7-10,12H,4-6,11H2,1-3H3/b16-12+. The van der Waals surface area contributed by atoms with E-state index in [-0.39, 0.29) is 5.78 Å². The molecule has 92 valence electrons. The highest BCUT2D eigenvalue weighted by molar-refractivity contribution is 5.97. The van der Waals surface area contributed by atoms with E-state index < -0.39 is 0 Å². The Balaban J connectivity index is 2.83. The predicted octanol–water partition coefficient (Wildman–Crippen LogP) is 4.55. The van der Waals surface area contributed by atoms with Crippen molar-refractivity contribution in [2.75, 3.05) is 0 Å². The maximum atomic E-state index is 11.6. The summed E-state index contributed by atoms with van der Waals surface area (Å²) in [6.07, 6.45) is 6.44. The molecule has 0 saturated heterocycles. The molecule has 1 rings (SSSR count). The summed E-state index contributed by atoms with van der Waals surface area (Å²) in [5.41, 5.74) is 3.34. The first-order valence-electron chi connectivity index (χ1n) is 6.42. The molecule has 17 heavy (non-hydrogen) atoms. The average Bonchev–Trinajstić information content (AvgIpc) is 2.30. The number of ketones is 1. The topological polar surface area (TPSA) is 17.1 Å². The third-order valence-corrected chi connectivity index (χ3v) is 3.02. The number of Topliss-reactive ketones (excluding diaryl/α,β-unsaturated/α-hetero) is 1. The maximum absolute atomic E-state index is 11.6. The Kier molecular flexibility index (Phi) is 5.68. The van der Waals surface area contributed by atoms with E-state index in [2.05, 4.69) is 26.0 Å². The van der Waals surface area contributed by atoms with E-state index in [1.807, 2.05) is 18.2 Å². The first kappa shape index (κ1) is 13.7. The lowest BCUT2D eigenvalue weighted by Crippen LogP contribution is -1.97. The zero-order chi connectivity index (χ0) is 12.7. The van der Waals surface area contributed by atoms with Crippen LogP contribution in [0.1, 0.15) is 50.7 Å². The molecule has 0 radical (unpaired) electrons. The smallest absolute Gasteiger partial charge is 0.155 e. The van der Waals surface area contributed by atoms with Gasteiger partial charge in [-0.3, -0.25) is 4.79 Å². The van der Waals surface area contributed by atoms with Crippen molar-refractivity contribution in [3.63, 3.8) is 0 Å². The summed E-state index contributed by atoms with van der Waals surface area (Å²) >= 11 is 0. The van der Waals surface area contributed by atoms with Gasteiger partial charge in [-0.2, -0.15) is 0 Å². The monoisotopic (exact) mass is 230 g/mol. The molecule has 1 heteroatoms. The van der Waals surface area contributed by atoms with Gasteiger partial charge in [0.2, 0.25) is 0 Å². The lowest BCUT2D eigenvalue weighted by Gasteiger charge is -2.05. The molecule has 0 bridgehead atoms. The molecule has 1 aromatic rings. The molecule has 0 N–H and O–H groups in total. The number of carbonyl (C=O) groups excluding carboxylic acids is 1. The van der Waals surface area contributed by atoms with Gasteiger partial charge in [0.05, 0.1) is 0 Å². The van der Waals surface area contributed by atoms with Gasteiger partial charge in [-0.25, -0.2) is 0 Å². The first-order chi connectivity index (χ1) is 8.15. The fourth-order valence-corrected chi connectivity index (χ4v) is 1.85. The van der Waals surface area contributed by atoms with Crippen LogP contribution in [0.2, 0.25) is 0 Å². The van der Waals surface area contributed by atoms with Gasteiger partial charge in [-0.1, -0.05) is 44.0 Å². The molecule has 0 aliphatic heterocycles. The van der Waals surface area contributed by atoms with E-state index in [1.54, 1.807) is 6.92 Å². The Hall–Kier alpha value is -1.37. The molecule has 0 spiro atoms. The third kappa shape index (κ3) is 4.56. The predicted molar refractivity (Wildman–Crippen MR) is 74.0 cm³/mol. The molecule has 0 aliphatic carbocycles. The van der Waals surface area contributed by atoms with Gasteiger partial charge in [-0.15, -0.1) is 0 Å². The van der Waals surface area contributed by atoms with Gasteiger partial charge in [0.25, 0.3) is 0 Å². The van der Waals surface area contributed by atoms with Crippen LogP contribution in [0.3, 0.4) is 0 Å². The number of unbranched alkanes of at least 4 members (excludes halogenated alkanes) is 2.